The van der Waals surface area contributed by atoms with Crippen molar-refractivity contribution < 1.29 is 13.6 Å². The van der Waals surface area contributed by atoms with E-state index in [9.17, 15) is 4.79 Å². The van der Waals surface area contributed by atoms with Gasteiger partial charge in [0, 0.05) is 19.4 Å². The predicted molar refractivity (Wildman–Crippen MR) is 115 cm³/mol. The maximum atomic E-state index is 12.4. The van der Waals surface area contributed by atoms with Crippen LogP contribution < -0.4 is 0 Å². The van der Waals surface area contributed by atoms with Gasteiger partial charge in [0.1, 0.15) is 5.78 Å². The van der Waals surface area contributed by atoms with E-state index in [0.717, 1.165) is 19.4 Å². The summed E-state index contributed by atoms with van der Waals surface area (Å²) < 4.78 is 13.5. The summed E-state index contributed by atoms with van der Waals surface area (Å²) in [7, 11) is -3.65. The van der Waals surface area contributed by atoms with Gasteiger partial charge in [-0.05, 0) is 60.9 Å². The van der Waals surface area contributed by atoms with Crippen molar-refractivity contribution in [3.05, 3.63) is 0 Å². The standard InChI is InChI=1S/C21H42O3Si2/c1-19(2,3)25(7,8)23-15-16-11-12-21(14-17(22)13-18(16)21)24-26(9,10)20(4,5)6/h16,18H,11-15H2,1-10H3. The quantitative estimate of drug-likeness (QED) is 0.520. The van der Waals surface area contributed by atoms with Gasteiger partial charge >= 0.3 is 0 Å². The summed E-state index contributed by atoms with van der Waals surface area (Å²) in [6.45, 7) is 23.8. The first-order valence-corrected chi connectivity index (χ1v) is 16.2. The Kier molecular flexibility index (Phi) is 5.85. The first kappa shape index (κ1) is 22.3. The summed E-state index contributed by atoms with van der Waals surface area (Å²) in [5.74, 6) is 1.22. The number of fused-ring (bicyclic) bond motifs is 1. The maximum absolute atomic E-state index is 12.4. The van der Waals surface area contributed by atoms with Crippen LogP contribution in [0.3, 0.4) is 0 Å². The van der Waals surface area contributed by atoms with Gasteiger partial charge in [-0.1, -0.05) is 41.5 Å². The molecule has 0 aliphatic heterocycles. The van der Waals surface area contributed by atoms with Crippen LogP contribution >= 0.6 is 0 Å². The second-order valence-corrected chi connectivity index (χ2v) is 21.4. The third-order valence-corrected chi connectivity index (χ3v) is 16.9. The molecule has 5 heteroatoms. The topological polar surface area (TPSA) is 35.5 Å². The molecule has 2 saturated carbocycles. The van der Waals surface area contributed by atoms with Crippen molar-refractivity contribution >= 4 is 22.4 Å². The van der Waals surface area contributed by atoms with Crippen molar-refractivity contribution in [1.29, 1.82) is 0 Å². The minimum Gasteiger partial charge on any atom is -0.417 e. The van der Waals surface area contributed by atoms with Crippen LogP contribution in [0, 0.1) is 11.8 Å². The van der Waals surface area contributed by atoms with Gasteiger partial charge in [-0.2, -0.15) is 0 Å². The van der Waals surface area contributed by atoms with Crippen LogP contribution in [0.4, 0.5) is 0 Å². The van der Waals surface area contributed by atoms with E-state index in [1.165, 1.54) is 0 Å². The largest absolute Gasteiger partial charge is 0.417 e. The summed E-state index contributed by atoms with van der Waals surface area (Å²) in [6, 6.07) is 0. The Hall–Kier alpha value is 0.0238. The van der Waals surface area contributed by atoms with Crippen LogP contribution in [0.25, 0.3) is 0 Å². The van der Waals surface area contributed by atoms with Crippen LogP contribution in [-0.2, 0) is 13.6 Å². The average molecular weight is 399 g/mol. The summed E-state index contributed by atoms with van der Waals surface area (Å²) >= 11 is 0. The molecule has 3 nitrogen and oxygen atoms in total. The molecular formula is C21H42O3Si2. The monoisotopic (exact) mass is 398 g/mol. The van der Waals surface area contributed by atoms with Crippen LogP contribution in [0.5, 0.6) is 0 Å². The highest BCUT2D eigenvalue weighted by molar-refractivity contribution is 6.74. The van der Waals surface area contributed by atoms with Crippen molar-refractivity contribution in [1.82, 2.24) is 0 Å². The van der Waals surface area contributed by atoms with Gasteiger partial charge < -0.3 is 8.85 Å². The molecule has 2 aliphatic carbocycles. The molecule has 2 aliphatic rings. The minimum absolute atomic E-state index is 0.174. The number of ketones is 1. The second-order valence-electron chi connectivity index (χ2n) is 11.8. The zero-order chi connectivity index (χ0) is 20.2. The Morgan fingerprint density at radius 1 is 1.00 bits per heavy atom. The first-order chi connectivity index (χ1) is 11.5. The van der Waals surface area contributed by atoms with Crippen LogP contribution in [0.15, 0.2) is 0 Å². The first-order valence-electron chi connectivity index (χ1n) is 10.4. The highest BCUT2D eigenvalue weighted by Crippen LogP contribution is 2.55. The molecule has 26 heavy (non-hydrogen) atoms. The molecule has 0 spiro atoms. The molecule has 0 heterocycles. The molecule has 2 fully saturated rings. The lowest BCUT2D eigenvalue weighted by molar-refractivity contribution is -0.118. The molecule has 0 radical (unpaired) electrons. The highest BCUT2D eigenvalue weighted by Gasteiger charge is 2.58. The number of carbonyl (C=O) groups is 1. The molecule has 0 amide bonds. The van der Waals surface area contributed by atoms with Gasteiger partial charge in [0.15, 0.2) is 16.6 Å². The molecule has 3 atom stereocenters. The van der Waals surface area contributed by atoms with Gasteiger partial charge in [-0.3, -0.25) is 4.79 Å². The van der Waals surface area contributed by atoms with E-state index in [0.29, 0.717) is 30.5 Å². The third-order valence-electron chi connectivity index (χ3n) is 7.86. The van der Waals surface area contributed by atoms with Crippen molar-refractivity contribution in [3.8, 4) is 0 Å². The van der Waals surface area contributed by atoms with Gasteiger partial charge in [-0.15, -0.1) is 0 Å². The fourth-order valence-electron chi connectivity index (χ4n) is 4.02. The summed E-state index contributed by atoms with van der Waals surface area (Å²) in [5, 5.41) is 0.402. The molecule has 0 N–H and O–H groups in total. The number of hydrogen-bond donors (Lipinski definition) is 0. The van der Waals surface area contributed by atoms with Gasteiger partial charge in [0.2, 0.25) is 0 Å². The van der Waals surface area contributed by atoms with Crippen LogP contribution in [0.1, 0.15) is 67.2 Å². The molecule has 0 bridgehead atoms. The average Bonchev–Trinajstić information content (AvgIpc) is 2.87. The predicted octanol–water partition coefficient (Wildman–Crippen LogP) is 6.16. The highest BCUT2D eigenvalue weighted by atomic mass is 28.4. The van der Waals surface area contributed by atoms with E-state index in [-0.39, 0.29) is 15.7 Å². The number of hydrogen-bond acceptors (Lipinski definition) is 3. The summed E-state index contributed by atoms with van der Waals surface area (Å²) in [6.07, 6.45) is 3.49. The summed E-state index contributed by atoms with van der Waals surface area (Å²) in [4.78, 5) is 12.4. The number of rotatable bonds is 5. The Bertz CT molecular complexity index is 542. The van der Waals surface area contributed by atoms with Gasteiger partial charge in [0.05, 0.1) is 5.60 Å². The third kappa shape index (κ3) is 4.21. The zero-order valence-electron chi connectivity index (χ0n) is 18.9. The molecule has 0 saturated heterocycles. The van der Waals surface area contributed by atoms with Crippen molar-refractivity contribution in [2.45, 2.75) is 109 Å². The molecule has 152 valence electrons. The molecule has 0 aromatic carbocycles. The van der Waals surface area contributed by atoms with E-state index >= 15 is 0 Å². The zero-order valence-corrected chi connectivity index (χ0v) is 20.9. The fraction of sp³-hybridized carbons (Fsp3) is 0.952. The Morgan fingerprint density at radius 3 is 2.04 bits per heavy atom. The van der Waals surface area contributed by atoms with Gasteiger partial charge in [0.25, 0.3) is 0 Å². The summed E-state index contributed by atoms with van der Waals surface area (Å²) in [5.41, 5.74) is -0.207. The van der Waals surface area contributed by atoms with E-state index < -0.39 is 16.6 Å². The lowest BCUT2D eigenvalue weighted by Crippen LogP contribution is -2.50. The van der Waals surface area contributed by atoms with Crippen LogP contribution in [-0.4, -0.2) is 34.6 Å². The van der Waals surface area contributed by atoms with Gasteiger partial charge in [-0.25, -0.2) is 0 Å². The lowest BCUT2D eigenvalue weighted by Gasteiger charge is -2.45. The Balaban J connectivity index is 2.15. The van der Waals surface area contributed by atoms with Crippen molar-refractivity contribution in [3.63, 3.8) is 0 Å². The molecule has 3 unspecified atom stereocenters. The lowest BCUT2D eigenvalue weighted by atomic mass is 9.89. The second kappa shape index (κ2) is 6.82. The van der Waals surface area contributed by atoms with Crippen molar-refractivity contribution in [2.75, 3.05) is 6.61 Å². The smallest absolute Gasteiger partial charge is 0.192 e. The Labute approximate surface area is 163 Å². The normalized spacial score (nSPS) is 30.8. The fourth-order valence-corrected chi connectivity index (χ4v) is 6.74. The van der Waals surface area contributed by atoms with Crippen LogP contribution in [0.2, 0.25) is 36.3 Å². The molecule has 0 aromatic heterocycles. The molecular weight excluding hydrogens is 356 g/mol. The number of Topliss-reactive ketones (excluding diaryl/α,β-unsaturated/α-hetero) is 1. The van der Waals surface area contributed by atoms with E-state index in [2.05, 4.69) is 67.7 Å². The van der Waals surface area contributed by atoms with E-state index in [1.807, 2.05) is 0 Å². The maximum Gasteiger partial charge on any atom is 0.192 e. The molecule has 0 aromatic rings. The molecule has 2 rings (SSSR count). The van der Waals surface area contributed by atoms with E-state index in [4.69, 9.17) is 8.85 Å². The van der Waals surface area contributed by atoms with Crippen molar-refractivity contribution in [2.24, 2.45) is 11.8 Å². The van der Waals surface area contributed by atoms with E-state index in [1.54, 1.807) is 0 Å². The minimum atomic E-state index is -1.90. The number of carbonyl (C=O) groups excluding carboxylic acids is 1. The Morgan fingerprint density at radius 2 is 1.54 bits per heavy atom. The SMILES string of the molecule is CC(C)(C)[Si](C)(C)OCC1CCC2(O[Si](C)(C)C(C)(C)C)CC(=O)CC12.